The van der Waals surface area contributed by atoms with Crippen molar-refractivity contribution in [3.8, 4) is 0 Å². The summed E-state index contributed by atoms with van der Waals surface area (Å²) in [5.74, 6) is 2.84. The van der Waals surface area contributed by atoms with Gasteiger partial charge < -0.3 is 5.11 Å². The second-order valence-electron chi connectivity index (χ2n) is 6.58. The highest BCUT2D eigenvalue weighted by molar-refractivity contribution is 5.66. The van der Waals surface area contributed by atoms with Gasteiger partial charge in [-0.05, 0) is 42.9 Å². The van der Waals surface area contributed by atoms with Crippen LogP contribution in [0.1, 0.15) is 72.1 Å². The molecule has 0 saturated heterocycles. The molecule has 0 aromatic carbocycles. The Morgan fingerprint density at radius 2 is 1.94 bits per heavy atom. The van der Waals surface area contributed by atoms with E-state index in [9.17, 15) is 4.79 Å². The summed E-state index contributed by atoms with van der Waals surface area (Å²) in [6, 6.07) is 0. The highest BCUT2D eigenvalue weighted by Gasteiger charge is 2.29. The Kier molecular flexibility index (Phi) is 6.73. The zero-order valence-corrected chi connectivity index (χ0v) is 12.3. The molecular weight excluding hydrogens is 224 g/mol. The zero-order chi connectivity index (χ0) is 13.5. The molecule has 106 valence electrons. The third-order valence-corrected chi connectivity index (χ3v) is 4.63. The molecule has 1 N–H and O–H groups in total. The highest BCUT2D eigenvalue weighted by Crippen LogP contribution is 2.40. The summed E-state index contributed by atoms with van der Waals surface area (Å²) >= 11 is 0. The number of hydrogen-bond acceptors (Lipinski definition) is 1. The maximum atomic E-state index is 10.4. The van der Waals surface area contributed by atoms with Crippen LogP contribution in [0.5, 0.6) is 0 Å². The molecule has 1 rings (SSSR count). The van der Waals surface area contributed by atoms with Crippen molar-refractivity contribution >= 4 is 5.97 Å². The molecule has 0 amide bonds. The molecule has 0 aliphatic heterocycles. The molecule has 1 fully saturated rings. The molecular formula is C16H30O2. The van der Waals surface area contributed by atoms with E-state index in [-0.39, 0.29) is 0 Å². The lowest BCUT2D eigenvalue weighted by atomic mass is 9.68. The molecule has 0 spiro atoms. The molecule has 1 saturated carbocycles. The SMILES string of the molecule is CC1CCC(C(C)C)C(CCCCCC(=O)O)C1. The summed E-state index contributed by atoms with van der Waals surface area (Å²) in [5.41, 5.74) is 0. The average Bonchev–Trinajstić information content (AvgIpc) is 2.27. The first-order chi connectivity index (χ1) is 8.50. The molecule has 2 heteroatoms. The van der Waals surface area contributed by atoms with E-state index in [1.165, 1.54) is 32.1 Å². The minimum atomic E-state index is -0.652. The number of aliphatic carboxylic acids is 1. The smallest absolute Gasteiger partial charge is 0.303 e. The van der Waals surface area contributed by atoms with E-state index < -0.39 is 5.97 Å². The molecule has 0 heterocycles. The minimum Gasteiger partial charge on any atom is -0.481 e. The number of carboxylic acids is 1. The fourth-order valence-corrected chi connectivity index (χ4v) is 3.59. The quantitative estimate of drug-likeness (QED) is 0.667. The van der Waals surface area contributed by atoms with Gasteiger partial charge >= 0.3 is 5.97 Å². The van der Waals surface area contributed by atoms with Gasteiger partial charge in [0.15, 0.2) is 0 Å². The van der Waals surface area contributed by atoms with Gasteiger partial charge in [-0.1, -0.05) is 46.5 Å². The van der Waals surface area contributed by atoms with Crippen LogP contribution in [0.3, 0.4) is 0 Å². The van der Waals surface area contributed by atoms with Crippen molar-refractivity contribution in [2.75, 3.05) is 0 Å². The van der Waals surface area contributed by atoms with Crippen LogP contribution in [0.15, 0.2) is 0 Å². The van der Waals surface area contributed by atoms with Gasteiger partial charge in [0.25, 0.3) is 0 Å². The van der Waals surface area contributed by atoms with Gasteiger partial charge in [0.05, 0.1) is 0 Å². The minimum absolute atomic E-state index is 0.342. The Balaban J connectivity index is 2.26. The van der Waals surface area contributed by atoms with Gasteiger partial charge in [0, 0.05) is 6.42 Å². The normalized spacial score (nSPS) is 28.6. The number of carboxylic acid groups (broad SMARTS) is 1. The standard InChI is InChI=1S/C16H30O2/c1-12(2)15-10-9-13(3)11-14(15)7-5-4-6-8-16(17)18/h12-15H,4-11H2,1-3H3,(H,17,18). The van der Waals surface area contributed by atoms with Crippen LogP contribution in [0.4, 0.5) is 0 Å². The molecule has 3 unspecified atom stereocenters. The van der Waals surface area contributed by atoms with Gasteiger partial charge in [-0.15, -0.1) is 0 Å². The summed E-state index contributed by atoms with van der Waals surface area (Å²) < 4.78 is 0. The van der Waals surface area contributed by atoms with E-state index >= 15 is 0 Å². The number of unbranched alkanes of at least 4 members (excludes halogenated alkanes) is 2. The van der Waals surface area contributed by atoms with Crippen molar-refractivity contribution in [1.29, 1.82) is 0 Å². The van der Waals surface area contributed by atoms with Crippen molar-refractivity contribution in [2.45, 2.75) is 72.1 Å². The predicted molar refractivity (Wildman–Crippen MR) is 75.6 cm³/mol. The number of hydrogen-bond donors (Lipinski definition) is 1. The zero-order valence-electron chi connectivity index (χ0n) is 12.3. The predicted octanol–water partition coefficient (Wildman–Crippen LogP) is 4.73. The van der Waals surface area contributed by atoms with E-state index in [4.69, 9.17) is 5.11 Å². The Bertz CT molecular complexity index is 247. The first-order valence-electron chi connectivity index (χ1n) is 7.72. The Morgan fingerprint density at radius 1 is 1.22 bits per heavy atom. The summed E-state index contributed by atoms with van der Waals surface area (Å²) in [5, 5.41) is 8.61. The van der Waals surface area contributed by atoms with E-state index in [0.29, 0.717) is 6.42 Å². The highest BCUT2D eigenvalue weighted by atomic mass is 16.4. The van der Waals surface area contributed by atoms with Gasteiger partial charge in [-0.25, -0.2) is 0 Å². The Morgan fingerprint density at radius 3 is 2.56 bits per heavy atom. The van der Waals surface area contributed by atoms with Crippen LogP contribution < -0.4 is 0 Å². The molecule has 2 nitrogen and oxygen atoms in total. The van der Waals surface area contributed by atoms with Crippen molar-refractivity contribution in [1.82, 2.24) is 0 Å². The maximum Gasteiger partial charge on any atom is 0.303 e. The fraction of sp³-hybridized carbons (Fsp3) is 0.938. The monoisotopic (exact) mass is 254 g/mol. The summed E-state index contributed by atoms with van der Waals surface area (Å²) in [4.78, 5) is 10.4. The van der Waals surface area contributed by atoms with Crippen molar-refractivity contribution in [3.63, 3.8) is 0 Å². The van der Waals surface area contributed by atoms with Crippen LogP contribution in [0, 0.1) is 23.7 Å². The van der Waals surface area contributed by atoms with E-state index in [0.717, 1.165) is 36.5 Å². The topological polar surface area (TPSA) is 37.3 Å². The molecule has 1 aliphatic rings. The molecule has 1 aliphatic carbocycles. The third kappa shape index (κ3) is 5.41. The van der Waals surface area contributed by atoms with Crippen LogP contribution in [-0.4, -0.2) is 11.1 Å². The maximum absolute atomic E-state index is 10.4. The van der Waals surface area contributed by atoms with Crippen LogP contribution in [0.2, 0.25) is 0 Å². The first kappa shape index (κ1) is 15.5. The lowest BCUT2D eigenvalue weighted by Gasteiger charge is -2.37. The summed E-state index contributed by atoms with van der Waals surface area (Å²) in [6.07, 6.45) is 9.00. The lowest BCUT2D eigenvalue weighted by molar-refractivity contribution is -0.137. The molecule has 0 aromatic rings. The van der Waals surface area contributed by atoms with E-state index in [1.54, 1.807) is 0 Å². The molecule has 18 heavy (non-hydrogen) atoms. The largest absolute Gasteiger partial charge is 0.481 e. The second kappa shape index (κ2) is 7.81. The first-order valence-corrected chi connectivity index (χ1v) is 7.72. The lowest BCUT2D eigenvalue weighted by Crippen LogP contribution is -2.27. The van der Waals surface area contributed by atoms with E-state index in [1.807, 2.05) is 0 Å². The van der Waals surface area contributed by atoms with Gasteiger partial charge in [0.2, 0.25) is 0 Å². The Labute approximate surface area is 112 Å². The summed E-state index contributed by atoms with van der Waals surface area (Å²) in [6.45, 7) is 7.10. The fourth-order valence-electron chi connectivity index (χ4n) is 3.59. The molecule has 0 radical (unpaired) electrons. The number of carbonyl (C=O) groups is 1. The van der Waals surface area contributed by atoms with Crippen molar-refractivity contribution in [2.24, 2.45) is 23.7 Å². The van der Waals surface area contributed by atoms with Crippen LogP contribution in [0.25, 0.3) is 0 Å². The molecule has 3 atom stereocenters. The van der Waals surface area contributed by atoms with Gasteiger partial charge in [0.1, 0.15) is 0 Å². The van der Waals surface area contributed by atoms with Crippen molar-refractivity contribution < 1.29 is 9.90 Å². The molecule has 0 bridgehead atoms. The summed E-state index contributed by atoms with van der Waals surface area (Å²) in [7, 11) is 0. The average molecular weight is 254 g/mol. The molecule has 0 aromatic heterocycles. The Hall–Kier alpha value is -0.530. The van der Waals surface area contributed by atoms with Crippen LogP contribution >= 0.6 is 0 Å². The van der Waals surface area contributed by atoms with Crippen LogP contribution in [-0.2, 0) is 4.79 Å². The van der Waals surface area contributed by atoms with Gasteiger partial charge in [-0.3, -0.25) is 4.79 Å². The number of rotatable bonds is 7. The van der Waals surface area contributed by atoms with E-state index in [2.05, 4.69) is 20.8 Å². The van der Waals surface area contributed by atoms with Crippen molar-refractivity contribution in [3.05, 3.63) is 0 Å². The second-order valence-corrected chi connectivity index (χ2v) is 6.58. The van der Waals surface area contributed by atoms with Gasteiger partial charge in [-0.2, -0.15) is 0 Å². The third-order valence-electron chi connectivity index (χ3n) is 4.63.